The molecule has 1 aromatic rings. The molecule has 1 N–H and O–H groups in total. The van der Waals surface area contributed by atoms with Crippen LogP contribution >= 0.6 is 0 Å². The zero-order valence-corrected chi connectivity index (χ0v) is 13.9. The smallest absolute Gasteiger partial charge is 0.126 e. The van der Waals surface area contributed by atoms with E-state index in [1.807, 2.05) is 18.5 Å². The van der Waals surface area contributed by atoms with Crippen LogP contribution in [0.1, 0.15) is 62.8 Å². The summed E-state index contributed by atoms with van der Waals surface area (Å²) in [5, 5.41) is 3.40. The summed E-state index contributed by atoms with van der Waals surface area (Å²) >= 11 is 0. The minimum absolute atomic E-state index is 0.350. The van der Waals surface area contributed by atoms with Crippen molar-refractivity contribution in [3.05, 3.63) is 24.0 Å². The van der Waals surface area contributed by atoms with Gasteiger partial charge in [0.2, 0.25) is 0 Å². The van der Waals surface area contributed by atoms with E-state index in [2.05, 4.69) is 10.3 Å². The summed E-state index contributed by atoms with van der Waals surface area (Å²) in [7, 11) is 0. The number of aromatic nitrogens is 1. The molecule has 0 amide bonds. The van der Waals surface area contributed by atoms with E-state index in [0.29, 0.717) is 24.2 Å². The molecule has 126 valence electrons. The lowest BCUT2D eigenvalue weighted by molar-refractivity contribution is -0.0549. The van der Waals surface area contributed by atoms with E-state index in [9.17, 15) is 0 Å². The van der Waals surface area contributed by atoms with E-state index in [1.165, 1.54) is 18.4 Å². The summed E-state index contributed by atoms with van der Waals surface area (Å²) in [5.74, 6) is 1.77. The maximum atomic E-state index is 6.32. The molecule has 2 aliphatic carbocycles. The van der Waals surface area contributed by atoms with Crippen molar-refractivity contribution in [2.45, 2.75) is 75.6 Å². The first-order chi connectivity index (χ1) is 11.4. The summed E-state index contributed by atoms with van der Waals surface area (Å²) < 4.78 is 12.6. The van der Waals surface area contributed by atoms with Crippen molar-refractivity contribution in [2.24, 2.45) is 0 Å². The highest BCUT2D eigenvalue weighted by Crippen LogP contribution is 2.44. The number of hydrogen-bond donors (Lipinski definition) is 1. The highest BCUT2D eigenvalue weighted by atomic mass is 16.5. The maximum Gasteiger partial charge on any atom is 0.126 e. The molecule has 1 aromatic heterocycles. The number of hydrogen-bond acceptors (Lipinski definition) is 4. The molecule has 1 aliphatic heterocycles. The van der Waals surface area contributed by atoms with Gasteiger partial charge in [-0.05, 0) is 76.4 Å². The van der Waals surface area contributed by atoms with Gasteiger partial charge in [-0.2, -0.15) is 0 Å². The number of ether oxygens (including phenoxy) is 2. The number of nitrogens with one attached hydrogen (secondary N) is 1. The Kier molecular flexibility index (Phi) is 4.81. The van der Waals surface area contributed by atoms with Crippen LogP contribution in [0.15, 0.2) is 18.5 Å². The Labute approximate surface area is 139 Å². The standard InChI is InChI=1S/C19H28N2O2/c1-2-14(1)18-13-21-12-9-19(18)23-16-5-3-15(4-6-16)22-17-7-10-20-11-8-17/h9,12-17,20H,1-8,10-11H2/t15-,16-. The molecule has 0 bridgehead atoms. The van der Waals surface area contributed by atoms with Gasteiger partial charge < -0.3 is 14.8 Å². The van der Waals surface area contributed by atoms with Gasteiger partial charge in [0.05, 0.1) is 18.3 Å². The average Bonchev–Trinajstić information content (AvgIpc) is 3.43. The van der Waals surface area contributed by atoms with Crippen molar-refractivity contribution >= 4 is 0 Å². The normalized spacial score (nSPS) is 29.4. The van der Waals surface area contributed by atoms with Crippen LogP contribution in [-0.2, 0) is 4.74 Å². The monoisotopic (exact) mass is 316 g/mol. The topological polar surface area (TPSA) is 43.4 Å². The lowest BCUT2D eigenvalue weighted by Crippen LogP contribution is -2.37. The van der Waals surface area contributed by atoms with E-state index in [1.54, 1.807) is 0 Å². The lowest BCUT2D eigenvalue weighted by Gasteiger charge is -2.33. The van der Waals surface area contributed by atoms with Gasteiger partial charge in [0.15, 0.2) is 0 Å². The van der Waals surface area contributed by atoms with E-state index in [-0.39, 0.29) is 0 Å². The van der Waals surface area contributed by atoms with E-state index < -0.39 is 0 Å². The molecule has 0 atom stereocenters. The zero-order valence-electron chi connectivity index (χ0n) is 13.9. The van der Waals surface area contributed by atoms with Crippen LogP contribution < -0.4 is 10.1 Å². The zero-order chi connectivity index (χ0) is 15.5. The molecule has 0 aromatic carbocycles. The van der Waals surface area contributed by atoms with Gasteiger partial charge in [0.25, 0.3) is 0 Å². The Balaban J connectivity index is 1.26. The van der Waals surface area contributed by atoms with Crippen LogP contribution in [0.25, 0.3) is 0 Å². The first-order valence-electron chi connectivity index (χ1n) is 9.35. The lowest BCUT2D eigenvalue weighted by atomic mass is 9.94. The summed E-state index contributed by atoms with van der Waals surface area (Å²) in [4.78, 5) is 4.27. The minimum atomic E-state index is 0.350. The van der Waals surface area contributed by atoms with Gasteiger partial charge in [-0.25, -0.2) is 0 Å². The number of nitrogens with zero attached hydrogens (tertiary/aromatic N) is 1. The third-order valence-corrected chi connectivity index (χ3v) is 5.41. The van der Waals surface area contributed by atoms with Crippen molar-refractivity contribution < 1.29 is 9.47 Å². The fourth-order valence-electron chi connectivity index (χ4n) is 3.87. The largest absolute Gasteiger partial charge is 0.490 e. The molecule has 0 unspecified atom stereocenters. The van der Waals surface area contributed by atoms with Crippen LogP contribution in [-0.4, -0.2) is 36.4 Å². The predicted molar refractivity (Wildman–Crippen MR) is 89.9 cm³/mol. The molecule has 0 spiro atoms. The Morgan fingerprint density at radius 2 is 1.57 bits per heavy atom. The Bertz CT molecular complexity index is 504. The van der Waals surface area contributed by atoms with Crippen molar-refractivity contribution in [1.29, 1.82) is 0 Å². The van der Waals surface area contributed by atoms with Gasteiger partial charge in [0, 0.05) is 18.0 Å². The Morgan fingerprint density at radius 1 is 0.870 bits per heavy atom. The van der Waals surface area contributed by atoms with E-state index >= 15 is 0 Å². The average molecular weight is 316 g/mol. The molecule has 2 saturated carbocycles. The van der Waals surface area contributed by atoms with Gasteiger partial charge in [-0.15, -0.1) is 0 Å². The Morgan fingerprint density at radius 3 is 2.30 bits per heavy atom. The predicted octanol–water partition coefficient (Wildman–Crippen LogP) is 3.42. The SMILES string of the molecule is c1cc(O[C@H]2CC[C@H](OC3CCNCC3)CC2)c(C2CC2)cn1. The van der Waals surface area contributed by atoms with Crippen molar-refractivity contribution in [3.63, 3.8) is 0 Å². The molecule has 2 heterocycles. The van der Waals surface area contributed by atoms with Gasteiger partial charge in [0.1, 0.15) is 5.75 Å². The van der Waals surface area contributed by atoms with Crippen molar-refractivity contribution in [1.82, 2.24) is 10.3 Å². The van der Waals surface area contributed by atoms with E-state index in [4.69, 9.17) is 9.47 Å². The van der Waals surface area contributed by atoms with Crippen molar-refractivity contribution in [2.75, 3.05) is 13.1 Å². The summed E-state index contributed by atoms with van der Waals surface area (Å²) in [6.45, 7) is 2.21. The van der Waals surface area contributed by atoms with E-state index in [0.717, 1.165) is 57.4 Å². The fourth-order valence-corrected chi connectivity index (χ4v) is 3.87. The van der Waals surface area contributed by atoms with Crippen molar-refractivity contribution in [3.8, 4) is 5.75 Å². The van der Waals surface area contributed by atoms with Crippen LogP contribution in [0.5, 0.6) is 5.75 Å². The third kappa shape index (κ3) is 4.04. The molecule has 4 heteroatoms. The summed E-state index contributed by atoms with van der Waals surface area (Å²) in [6, 6.07) is 2.05. The molecular formula is C19H28N2O2. The summed E-state index contributed by atoms with van der Waals surface area (Å²) in [6.07, 6.45) is 14.5. The Hall–Kier alpha value is -1.13. The molecule has 3 aliphatic rings. The maximum absolute atomic E-state index is 6.32. The van der Waals surface area contributed by atoms with Gasteiger partial charge in [-0.3, -0.25) is 4.98 Å². The second kappa shape index (κ2) is 7.18. The molecule has 0 radical (unpaired) electrons. The van der Waals surface area contributed by atoms with Crippen LogP contribution in [0.3, 0.4) is 0 Å². The first kappa shape index (κ1) is 15.4. The fraction of sp³-hybridized carbons (Fsp3) is 0.737. The first-order valence-corrected chi connectivity index (χ1v) is 9.35. The third-order valence-electron chi connectivity index (χ3n) is 5.41. The highest BCUT2D eigenvalue weighted by Gasteiger charge is 2.30. The number of pyridine rings is 1. The molecule has 23 heavy (non-hydrogen) atoms. The molecule has 4 rings (SSSR count). The molecule has 1 saturated heterocycles. The summed E-state index contributed by atoms with van der Waals surface area (Å²) in [5.41, 5.74) is 1.32. The van der Waals surface area contributed by atoms with Crippen LogP contribution in [0.2, 0.25) is 0 Å². The minimum Gasteiger partial charge on any atom is -0.490 e. The second-order valence-corrected chi connectivity index (χ2v) is 7.29. The van der Waals surface area contributed by atoms with Crippen LogP contribution in [0, 0.1) is 0 Å². The number of rotatable bonds is 5. The van der Waals surface area contributed by atoms with Gasteiger partial charge >= 0.3 is 0 Å². The number of piperidine rings is 1. The van der Waals surface area contributed by atoms with Crippen LogP contribution in [0.4, 0.5) is 0 Å². The van der Waals surface area contributed by atoms with Gasteiger partial charge in [-0.1, -0.05) is 0 Å². The quantitative estimate of drug-likeness (QED) is 0.904. The molecular weight excluding hydrogens is 288 g/mol. The molecule has 3 fully saturated rings. The molecule has 4 nitrogen and oxygen atoms in total. The second-order valence-electron chi connectivity index (χ2n) is 7.29. The highest BCUT2D eigenvalue weighted by molar-refractivity contribution is 5.36.